The van der Waals surface area contributed by atoms with Crippen LogP contribution >= 0.6 is 11.8 Å². The van der Waals surface area contributed by atoms with Crippen LogP contribution in [-0.4, -0.2) is 33.1 Å². The molecule has 3 heteroatoms. The number of thioether (sulfide) groups is 1. The Kier molecular flexibility index (Phi) is 3.34. The van der Waals surface area contributed by atoms with E-state index in [1.807, 2.05) is 7.05 Å². The number of hydrogen-bond acceptors (Lipinski definition) is 3. The molecule has 0 bridgehead atoms. The van der Waals surface area contributed by atoms with E-state index >= 15 is 0 Å². The second-order valence-electron chi connectivity index (χ2n) is 4.03. The standard InChI is InChI=1S/C12H17NOS/c1-13-7-12(8-14-9-12)10-3-5-11(15-2)6-4-10/h3-6,13H,7-9H2,1-2H3. The fraction of sp³-hybridized carbons (Fsp3) is 0.500. The number of ether oxygens (including phenoxy) is 1. The Bertz CT molecular complexity index is 319. The predicted molar refractivity (Wildman–Crippen MR) is 64.6 cm³/mol. The molecule has 2 rings (SSSR count). The van der Waals surface area contributed by atoms with Crippen LogP contribution in [-0.2, 0) is 10.2 Å². The second-order valence-corrected chi connectivity index (χ2v) is 4.91. The Hall–Kier alpha value is -0.510. The van der Waals surface area contributed by atoms with Gasteiger partial charge in [-0.2, -0.15) is 0 Å². The number of nitrogens with one attached hydrogen (secondary N) is 1. The van der Waals surface area contributed by atoms with Crippen LogP contribution < -0.4 is 5.32 Å². The first kappa shape index (κ1) is 11.0. The summed E-state index contributed by atoms with van der Waals surface area (Å²) in [5, 5.41) is 3.25. The van der Waals surface area contributed by atoms with E-state index in [0.29, 0.717) is 0 Å². The van der Waals surface area contributed by atoms with Crippen LogP contribution in [0.15, 0.2) is 29.2 Å². The molecule has 15 heavy (non-hydrogen) atoms. The van der Waals surface area contributed by atoms with Gasteiger partial charge in [0.2, 0.25) is 0 Å². The van der Waals surface area contributed by atoms with Crippen molar-refractivity contribution in [3.05, 3.63) is 29.8 Å². The highest BCUT2D eigenvalue weighted by molar-refractivity contribution is 7.98. The van der Waals surface area contributed by atoms with Crippen molar-refractivity contribution >= 4 is 11.8 Å². The normalized spacial score (nSPS) is 18.5. The predicted octanol–water partition coefficient (Wildman–Crippen LogP) is 1.90. The molecule has 0 unspecified atom stereocenters. The Morgan fingerprint density at radius 1 is 1.33 bits per heavy atom. The molecular formula is C12H17NOS. The molecule has 1 fully saturated rings. The molecule has 1 aliphatic rings. The average Bonchev–Trinajstić information content (AvgIpc) is 2.24. The molecule has 0 atom stereocenters. The van der Waals surface area contributed by atoms with Gasteiger partial charge in [-0.3, -0.25) is 0 Å². The molecule has 0 spiro atoms. The largest absolute Gasteiger partial charge is 0.379 e. The summed E-state index contributed by atoms with van der Waals surface area (Å²) in [4.78, 5) is 1.32. The minimum absolute atomic E-state index is 0.214. The van der Waals surface area contributed by atoms with Crippen LogP contribution in [0.3, 0.4) is 0 Å². The van der Waals surface area contributed by atoms with E-state index in [9.17, 15) is 0 Å². The highest BCUT2D eigenvalue weighted by Gasteiger charge is 2.39. The van der Waals surface area contributed by atoms with Crippen molar-refractivity contribution in [2.45, 2.75) is 10.3 Å². The summed E-state index contributed by atoms with van der Waals surface area (Å²) >= 11 is 1.78. The molecule has 0 saturated carbocycles. The van der Waals surface area contributed by atoms with Crippen molar-refractivity contribution in [3.63, 3.8) is 0 Å². The van der Waals surface area contributed by atoms with Crippen LogP contribution in [0.2, 0.25) is 0 Å². The molecule has 0 amide bonds. The number of hydrogen-bond donors (Lipinski definition) is 1. The summed E-state index contributed by atoms with van der Waals surface area (Å²) in [6, 6.07) is 8.84. The lowest BCUT2D eigenvalue weighted by Gasteiger charge is -2.42. The third kappa shape index (κ3) is 2.05. The van der Waals surface area contributed by atoms with Gasteiger partial charge in [0.15, 0.2) is 0 Å². The van der Waals surface area contributed by atoms with E-state index in [2.05, 4.69) is 35.8 Å². The summed E-state index contributed by atoms with van der Waals surface area (Å²) in [7, 11) is 2.00. The monoisotopic (exact) mass is 223 g/mol. The summed E-state index contributed by atoms with van der Waals surface area (Å²) < 4.78 is 5.36. The second kappa shape index (κ2) is 4.56. The highest BCUT2D eigenvalue weighted by atomic mass is 32.2. The number of benzene rings is 1. The first-order chi connectivity index (χ1) is 7.30. The van der Waals surface area contributed by atoms with Crippen LogP contribution in [0.4, 0.5) is 0 Å². The maximum absolute atomic E-state index is 5.36. The van der Waals surface area contributed by atoms with Gasteiger partial charge in [0.05, 0.1) is 18.6 Å². The van der Waals surface area contributed by atoms with Gasteiger partial charge >= 0.3 is 0 Å². The van der Waals surface area contributed by atoms with Crippen LogP contribution in [0.5, 0.6) is 0 Å². The van der Waals surface area contributed by atoms with Crippen molar-refractivity contribution in [2.75, 3.05) is 33.1 Å². The van der Waals surface area contributed by atoms with Crippen molar-refractivity contribution in [3.8, 4) is 0 Å². The van der Waals surface area contributed by atoms with Crippen molar-refractivity contribution < 1.29 is 4.74 Å². The van der Waals surface area contributed by atoms with Crippen molar-refractivity contribution in [1.82, 2.24) is 5.32 Å². The first-order valence-corrected chi connectivity index (χ1v) is 6.40. The zero-order valence-electron chi connectivity index (χ0n) is 9.25. The molecule has 0 radical (unpaired) electrons. The van der Waals surface area contributed by atoms with Crippen LogP contribution in [0, 0.1) is 0 Å². The number of likely N-dealkylation sites (N-methyl/N-ethyl adjacent to an activating group) is 1. The fourth-order valence-corrected chi connectivity index (χ4v) is 2.41. The minimum Gasteiger partial charge on any atom is -0.379 e. The zero-order valence-corrected chi connectivity index (χ0v) is 10.1. The maximum Gasteiger partial charge on any atom is 0.0598 e. The lowest BCUT2D eigenvalue weighted by Crippen LogP contribution is -2.52. The Labute approximate surface area is 95.4 Å². The minimum atomic E-state index is 0.214. The SMILES string of the molecule is CNCC1(c2ccc(SC)cc2)COC1. The molecule has 1 heterocycles. The van der Waals surface area contributed by atoms with Crippen LogP contribution in [0.25, 0.3) is 0 Å². The molecular weight excluding hydrogens is 206 g/mol. The third-order valence-electron chi connectivity index (χ3n) is 2.97. The van der Waals surface area contributed by atoms with Gasteiger partial charge in [-0.25, -0.2) is 0 Å². The molecule has 1 aromatic rings. The first-order valence-electron chi connectivity index (χ1n) is 5.18. The maximum atomic E-state index is 5.36. The van der Waals surface area contributed by atoms with Gasteiger partial charge in [-0.15, -0.1) is 11.8 Å². The van der Waals surface area contributed by atoms with E-state index in [4.69, 9.17) is 4.74 Å². The lowest BCUT2D eigenvalue weighted by molar-refractivity contribution is -0.0582. The zero-order chi connectivity index (χ0) is 10.7. The van der Waals surface area contributed by atoms with Gasteiger partial charge in [0.25, 0.3) is 0 Å². The van der Waals surface area contributed by atoms with E-state index in [0.717, 1.165) is 19.8 Å². The molecule has 0 aliphatic carbocycles. The smallest absolute Gasteiger partial charge is 0.0598 e. The molecule has 1 aromatic carbocycles. The van der Waals surface area contributed by atoms with Crippen molar-refractivity contribution in [2.24, 2.45) is 0 Å². The van der Waals surface area contributed by atoms with Gasteiger partial charge in [-0.1, -0.05) is 12.1 Å². The van der Waals surface area contributed by atoms with Crippen LogP contribution in [0.1, 0.15) is 5.56 Å². The number of rotatable bonds is 4. The van der Waals surface area contributed by atoms with Gasteiger partial charge in [0, 0.05) is 11.4 Å². The Morgan fingerprint density at radius 2 is 2.00 bits per heavy atom. The molecule has 1 N–H and O–H groups in total. The summed E-state index contributed by atoms with van der Waals surface area (Å²) in [5.74, 6) is 0. The molecule has 0 aromatic heterocycles. The highest BCUT2D eigenvalue weighted by Crippen LogP contribution is 2.32. The topological polar surface area (TPSA) is 21.3 Å². The van der Waals surface area contributed by atoms with Gasteiger partial charge in [0.1, 0.15) is 0 Å². The van der Waals surface area contributed by atoms with Crippen molar-refractivity contribution in [1.29, 1.82) is 0 Å². The molecule has 1 saturated heterocycles. The molecule has 2 nitrogen and oxygen atoms in total. The quantitative estimate of drug-likeness (QED) is 0.788. The average molecular weight is 223 g/mol. The fourth-order valence-electron chi connectivity index (χ4n) is 2.00. The summed E-state index contributed by atoms with van der Waals surface area (Å²) in [6.45, 7) is 2.67. The summed E-state index contributed by atoms with van der Waals surface area (Å²) in [5.41, 5.74) is 1.60. The Balaban J connectivity index is 2.19. The molecule has 82 valence electrons. The summed E-state index contributed by atoms with van der Waals surface area (Å²) in [6.07, 6.45) is 2.10. The Morgan fingerprint density at radius 3 is 2.40 bits per heavy atom. The lowest BCUT2D eigenvalue weighted by atomic mass is 9.78. The van der Waals surface area contributed by atoms with Gasteiger partial charge < -0.3 is 10.1 Å². The van der Waals surface area contributed by atoms with E-state index in [1.165, 1.54) is 10.5 Å². The van der Waals surface area contributed by atoms with E-state index in [1.54, 1.807) is 11.8 Å². The van der Waals surface area contributed by atoms with E-state index in [-0.39, 0.29) is 5.41 Å². The van der Waals surface area contributed by atoms with E-state index < -0.39 is 0 Å². The third-order valence-corrected chi connectivity index (χ3v) is 3.72. The van der Waals surface area contributed by atoms with Gasteiger partial charge in [-0.05, 0) is 31.0 Å². The molecule has 1 aliphatic heterocycles.